The van der Waals surface area contributed by atoms with Crippen LogP contribution in [0.1, 0.15) is 35.2 Å². The van der Waals surface area contributed by atoms with Crippen LogP contribution in [0.25, 0.3) is 0 Å². The number of hydrogen-bond acceptors (Lipinski definition) is 6. The first-order valence-electron chi connectivity index (χ1n) is 13.9. The van der Waals surface area contributed by atoms with E-state index in [0.717, 1.165) is 28.1 Å². The zero-order valence-corrected chi connectivity index (χ0v) is 25.3. The molecule has 1 atom stereocenters. The summed E-state index contributed by atoms with van der Waals surface area (Å²) in [6, 6.07) is 32.8. The number of carbonyl (C=O) groups is 1. The van der Waals surface area contributed by atoms with E-state index in [2.05, 4.69) is 22.8 Å². The van der Waals surface area contributed by atoms with Gasteiger partial charge in [0.2, 0.25) is 11.1 Å². The number of ether oxygens (including phenoxy) is 1. The van der Waals surface area contributed by atoms with Crippen molar-refractivity contribution in [2.24, 2.45) is 0 Å². The number of aromatic nitrogens is 3. The molecule has 1 amide bonds. The molecule has 0 bridgehead atoms. The fourth-order valence-electron chi connectivity index (χ4n) is 4.94. The number of nitrogens with zero attached hydrogens (tertiary/aromatic N) is 3. The summed E-state index contributed by atoms with van der Waals surface area (Å²) >= 11 is 7.60. The number of halogens is 1. The maximum atomic E-state index is 13.9. The molecular weight excluding hydrogens is 578 g/mol. The van der Waals surface area contributed by atoms with Gasteiger partial charge in [-0.2, -0.15) is 4.98 Å². The van der Waals surface area contributed by atoms with Gasteiger partial charge < -0.3 is 15.4 Å². The summed E-state index contributed by atoms with van der Waals surface area (Å²) in [5, 5.41) is 12.6. The Balaban J connectivity index is 1.33. The molecule has 2 heterocycles. The summed E-state index contributed by atoms with van der Waals surface area (Å²) in [6.45, 7) is 4.26. The van der Waals surface area contributed by atoms with Crippen LogP contribution in [0.4, 0.5) is 11.6 Å². The number of nitrogens with one attached hydrogen (secondary N) is 2. The second-order valence-corrected chi connectivity index (χ2v) is 11.6. The van der Waals surface area contributed by atoms with Crippen molar-refractivity contribution in [1.82, 2.24) is 14.8 Å². The molecule has 0 radical (unpaired) electrons. The Hall–Kier alpha value is -4.53. The van der Waals surface area contributed by atoms with E-state index in [4.69, 9.17) is 26.4 Å². The number of hydrogen-bond donors (Lipinski definition) is 2. The van der Waals surface area contributed by atoms with Gasteiger partial charge >= 0.3 is 0 Å². The van der Waals surface area contributed by atoms with Gasteiger partial charge in [0.05, 0.1) is 5.57 Å². The topological polar surface area (TPSA) is 81.1 Å². The number of carbonyl (C=O) groups excluding carboxylic acids is 1. The highest BCUT2D eigenvalue weighted by Gasteiger charge is 2.34. The first kappa shape index (κ1) is 28.6. The van der Waals surface area contributed by atoms with E-state index in [9.17, 15) is 4.79 Å². The Kier molecular flexibility index (Phi) is 8.49. The zero-order valence-electron chi connectivity index (χ0n) is 23.8. The largest absolute Gasteiger partial charge is 0.489 e. The Morgan fingerprint density at radius 2 is 1.72 bits per heavy atom. The zero-order chi connectivity index (χ0) is 29.8. The molecule has 5 aromatic rings. The van der Waals surface area contributed by atoms with Crippen molar-refractivity contribution in [3.8, 4) is 5.75 Å². The SMILES string of the molecule is CC1=C(C(=O)Nc2ccccc2C)C(c2cccc(OCc3ccc(Cl)cc3)c2)n2nc(SCc3ccccc3)nc2N1. The maximum Gasteiger partial charge on any atom is 0.255 e. The third kappa shape index (κ3) is 6.61. The van der Waals surface area contributed by atoms with Crippen LogP contribution in [0.15, 0.2) is 120 Å². The van der Waals surface area contributed by atoms with Gasteiger partial charge in [0.25, 0.3) is 5.91 Å². The van der Waals surface area contributed by atoms with Crippen molar-refractivity contribution in [3.05, 3.63) is 142 Å². The smallest absolute Gasteiger partial charge is 0.255 e. The number of rotatable bonds is 9. The highest BCUT2D eigenvalue weighted by atomic mass is 35.5. The summed E-state index contributed by atoms with van der Waals surface area (Å²) in [4.78, 5) is 18.7. The molecule has 9 heteroatoms. The predicted molar refractivity (Wildman–Crippen MR) is 173 cm³/mol. The standard InChI is InChI=1S/C34H30ClN5O2S/c1-22-9-6-7-14-29(22)37-32(41)30-23(2)36-33-38-34(43-21-25-10-4-3-5-11-25)39-40(33)31(30)26-12-8-13-28(19-26)42-20-24-15-17-27(35)18-16-24/h3-19,31H,20-21H2,1-2H3,(H,37,41)(H,36,38,39). The van der Waals surface area contributed by atoms with Crippen LogP contribution in [0, 0.1) is 6.92 Å². The number of aryl methyl sites for hydroxylation is 1. The van der Waals surface area contributed by atoms with Crippen molar-refractivity contribution in [2.45, 2.75) is 37.4 Å². The van der Waals surface area contributed by atoms with E-state index in [1.807, 2.05) is 105 Å². The average Bonchev–Trinajstić information content (AvgIpc) is 3.43. The van der Waals surface area contributed by atoms with Crippen LogP contribution in [0.3, 0.4) is 0 Å². The lowest BCUT2D eigenvalue weighted by Crippen LogP contribution is -2.31. The molecular formula is C34H30ClN5O2S. The highest BCUT2D eigenvalue weighted by Crippen LogP contribution is 2.38. The summed E-state index contributed by atoms with van der Waals surface area (Å²) in [6.07, 6.45) is 0. The second kappa shape index (κ2) is 12.8. The highest BCUT2D eigenvalue weighted by molar-refractivity contribution is 7.98. The molecule has 1 aliphatic rings. The van der Waals surface area contributed by atoms with E-state index in [0.29, 0.717) is 39.8 Å². The fourth-order valence-corrected chi connectivity index (χ4v) is 5.85. The summed E-state index contributed by atoms with van der Waals surface area (Å²) < 4.78 is 7.95. The lowest BCUT2D eigenvalue weighted by molar-refractivity contribution is -0.113. The molecule has 0 spiro atoms. The molecule has 6 rings (SSSR count). The van der Waals surface area contributed by atoms with Gasteiger partial charge in [-0.3, -0.25) is 4.79 Å². The Morgan fingerprint density at radius 1 is 0.953 bits per heavy atom. The minimum Gasteiger partial charge on any atom is -0.489 e. The summed E-state index contributed by atoms with van der Waals surface area (Å²) in [5.41, 5.74) is 6.05. The Labute approximate surface area is 260 Å². The molecule has 1 aliphatic heterocycles. The van der Waals surface area contributed by atoms with Gasteiger partial charge in [0.1, 0.15) is 18.4 Å². The number of anilines is 2. The molecule has 2 N–H and O–H groups in total. The van der Waals surface area contributed by atoms with Crippen molar-refractivity contribution >= 4 is 40.9 Å². The molecule has 216 valence electrons. The second-order valence-electron chi connectivity index (χ2n) is 10.3. The maximum absolute atomic E-state index is 13.9. The van der Waals surface area contributed by atoms with Crippen molar-refractivity contribution in [2.75, 3.05) is 10.6 Å². The van der Waals surface area contributed by atoms with Gasteiger partial charge in [-0.15, -0.1) is 5.10 Å². The average molecular weight is 608 g/mol. The third-order valence-electron chi connectivity index (χ3n) is 7.17. The number of amides is 1. The van der Waals surface area contributed by atoms with Gasteiger partial charge in [0.15, 0.2) is 0 Å². The summed E-state index contributed by atoms with van der Waals surface area (Å²) in [7, 11) is 0. The molecule has 7 nitrogen and oxygen atoms in total. The molecule has 43 heavy (non-hydrogen) atoms. The Bertz CT molecular complexity index is 1790. The van der Waals surface area contributed by atoms with E-state index in [1.54, 1.807) is 16.4 Å². The molecule has 0 aliphatic carbocycles. The number of para-hydroxylation sites is 1. The van der Waals surface area contributed by atoms with Gasteiger partial charge in [-0.05, 0) is 66.4 Å². The minimum absolute atomic E-state index is 0.212. The molecule has 0 saturated heterocycles. The quantitative estimate of drug-likeness (QED) is 0.165. The lowest BCUT2D eigenvalue weighted by atomic mass is 9.94. The first-order chi connectivity index (χ1) is 20.9. The van der Waals surface area contributed by atoms with Crippen molar-refractivity contribution in [3.63, 3.8) is 0 Å². The monoisotopic (exact) mass is 607 g/mol. The molecule has 1 unspecified atom stereocenters. The van der Waals surface area contributed by atoms with Crippen LogP contribution in [-0.2, 0) is 17.2 Å². The Morgan fingerprint density at radius 3 is 2.51 bits per heavy atom. The number of benzene rings is 4. The van der Waals surface area contributed by atoms with E-state index in [1.165, 1.54) is 5.56 Å². The normalized spacial score (nSPS) is 14.2. The van der Waals surface area contributed by atoms with Gasteiger partial charge in [-0.1, -0.05) is 96.2 Å². The van der Waals surface area contributed by atoms with Crippen LogP contribution < -0.4 is 15.4 Å². The fraction of sp³-hybridized carbons (Fsp3) is 0.147. The molecule has 1 aromatic heterocycles. The van der Waals surface area contributed by atoms with E-state index < -0.39 is 6.04 Å². The summed E-state index contributed by atoms with van der Waals surface area (Å²) in [5.74, 6) is 1.78. The van der Waals surface area contributed by atoms with Crippen LogP contribution in [-0.4, -0.2) is 20.7 Å². The first-order valence-corrected chi connectivity index (χ1v) is 15.3. The minimum atomic E-state index is -0.530. The van der Waals surface area contributed by atoms with E-state index in [-0.39, 0.29) is 5.91 Å². The van der Waals surface area contributed by atoms with Crippen LogP contribution >= 0.6 is 23.4 Å². The van der Waals surface area contributed by atoms with Crippen LogP contribution in [0.5, 0.6) is 5.75 Å². The van der Waals surface area contributed by atoms with Crippen molar-refractivity contribution in [1.29, 1.82) is 0 Å². The number of allylic oxidation sites excluding steroid dienone is 1. The van der Waals surface area contributed by atoms with Crippen LogP contribution in [0.2, 0.25) is 5.02 Å². The number of fused-ring (bicyclic) bond motifs is 1. The molecule has 4 aromatic carbocycles. The van der Waals surface area contributed by atoms with Gasteiger partial charge in [0, 0.05) is 22.2 Å². The van der Waals surface area contributed by atoms with Gasteiger partial charge in [-0.25, -0.2) is 4.68 Å². The van der Waals surface area contributed by atoms with E-state index >= 15 is 0 Å². The lowest BCUT2D eigenvalue weighted by Gasteiger charge is -2.29. The molecule has 0 saturated carbocycles. The van der Waals surface area contributed by atoms with Crippen molar-refractivity contribution < 1.29 is 9.53 Å². The third-order valence-corrected chi connectivity index (χ3v) is 8.34. The predicted octanol–water partition coefficient (Wildman–Crippen LogP) is 8.04. The molecule has 0 fully saturated rings. The number of thioether (sulfide) groups is 1.